The van der Waals surface area contributed by atoms with E-state index in [-0.39, 0.29) is 49.4 Å². The van der Waals surface area contributed by atoms with Crippen LogP contribution < -0.4 is 5.32 Å². The maximum Gasteiger partial charge on any atom is 0.306 e. The number of benzene rings is 1. The second-order valence-electron chi connectivity index (χ2n) is 13.9. The first-order chi connectivity index (χ1) is 22.2. The van der Waals surface area contributed by atoms with Crippen LogP contribution in [-0.2, 0) is 28.7 Å². The Kier molecular flexibility index (Phi) is 9.66. The average molecular weight is 634 g/mol. The van der Waals surface area contributed by atoms with E-state index in [9.17, 15) is 24.3 Å². The number of likely N-dealkylation sites (tertiary alicyclic amines) is 1. The number of amides is 3. The third-order valence-electron chi connectivity index (χ3n) is 10.4. The van der Waals surface area contributed by atoms with E-state index in [0.717, 1.165) is 37.7 Å². The third kappa shape index (κ3) is 6.01. The van der Waals surface area contributed by atoms with E-state index in [0.29, 0.717) is 19.4 Å². The lowest BCUT2D eigenvalue weighted by Crippen LogP contribution is -2.60. The first kappa shape index (κ1) is 32.4. The van der Waals surface area contributed by atoms with Crippen molar-refractivity contribution in [1.29, 1.82) is 0 Å². The van der Waals surface area contributed by atoms with Crippen molar-refractivity contribution >= 4 is 23.7 Å². The van der Waals surface area contributed by atoms with Gasteiger partial charge < -0.3 is 29.7 Å². The monoisotopic (exact) mass is 633 g/mol. The molecule has 248 valence electrons. The van der Waals surface area contributed by atoms with Crippen LogP contribution in [0.3, 0.4) is 0 Å². The standard InChI is InChI=1S/C36H47N3O7/c1-23(2)20-26(21-40)39-32-35(44)38(25-14-8-4-9-15-25)19-11-5-10-16-29(41)45-22-27(24-12-6-3-7-13-24)37-33(42)30-28-17-18-36(32,46-28)31(30)34(39)43/h3,5-7,11-13,17-18,23,25-28,30-32,40H,4,8-10,14-16,19-22H2,1-2H3,(H,37,42)/b11-5-/t26-,27+,28+,30-,31-,32+,36-/m1/s1. The quantitative estimate of drug-likeness (QED) is 0.363. The molecule has 5 bridgehead atoms. The molecule has 3 amide bonds. The molecule has 0 unspecified atom stereocenters. The minimum atomic E-state index is -1.33. The molecule has 10 nitrogen and oxygen atoms in total. The Hall–Kier alpha value is -3.50. The topological polar surface area (TPSA) is 125 Å². The van der Waals surface area contributed by atoms with Gasteiger partial charge >= 0.3 is 5.97 Å². The summed E-state index contributed by atoms with van der Waals surface area (Å²) in [5.41, 5.74) is -0.562. The molecule has 0 radical (unpaired) electrons. The molecule has 46 heavy (non-hydrogen) atoms. The number of rotatable bonds is 6. The normalized spacial score (nSPS) is 33.7. The highest BCUT2D eigenvalue weighted by Crippen LogP contribution is 2.56. The molecular formula is C36H47N3O7. The number of hydrogen-bond donors (Lipinski definition) is 2. The molecule has 5 aliphatic rings. The molecule has 6 rings (SSSR count). The Morgan fingerprint density at radius 3 is 2.50 bits per heavy atom. The number of aliphatic hydroxyl groups is 1. The Morgan fingerprint density at radius 1 is 1.02 bits per heavy atom. The summed E-state index contributed by atoms with van der Waals surface area (Å²) >= 11 is 0. The molecule has 2 N–H and O–H groups in total. The molecule has 10 heteroatoms. The molecule has 0 aromatic heterocycles. The molecule has 7 atom stereocenters. The van der Waals surface area contributed by atoms with Crippen molar-refractivity contribution < 1.29 is 33.8 Å². The molecule has 4 heterocycles. The highest BCUT2D eigenvalue weighted by atomic mass is 16.5. The van der Waals surface area contributed by atoms with Gasteiger partial charge in [-0.05, 0) is 37.2 Å². The maximum atomic E-state index is 15.0. The summed E-state index contributed by atoms with van der Waals surface area (Å²) in [4.78, 5) is 60.0. The van der Waals surface area contributed by atoms with Crippen molar-refractivity contribution in [2.45, 2.75) is 101 Å². The van der Waals surface area contributed by atoms with Crippen molar-refractivity contribution in [2.24, 2.45) is 17.8 Å². The number of hydrogen-bond acceptors (Lipinski definition) is 7. The highest BCUT2D eigenvalue weighted by Gasteiger charge is 2.74. The van der Waals surface area contributed by atoms with Gasteiger partial charge in [0.15, 0.2) is 0 Å². The molecule has 4 aliphatic heterocycles. The van der Waals surface area contributed by atoms with Crippen molar-refractivity contribution in [3.05, 3.63) is 60.2 Å². The summed E-state index contributed by atoms with van der Waals surface area (Å²) < 4.78 is 12.3. The minimum Gasteiger partial charge on any atom is -0.463 e. The summed E-state index contributed by atoms with van der Waals surface area (Å²) in [5.74, 6) is -3.00. The molecule has 1 aromatic carbocycles. The van der Waals surface area contributed by atoms with Crippen molar-refractivity contribution in [3.8, 4) is 0 Å². The lowest BCUT2D eigenvalue weighted by molar-refractivity contribution is -0.152. The number of fused-ring (bicyclic) bond motifs is 2. The largest absolute Gasteiger partial charge is 0.463 e. The van der Waals surface area contributed by atoms with E-state index >= 15 is 0 Å². The predicted octanol–water partition coefficient (Wildman–Crippen LogP) is 3.46. The van der Waals surface area contributed by atoms with Gasteiger partial charge in [0.1, 0.15) is 18.2 Å². The fraction of sp³-hybridized carbons (Fsp3) is 0.611. The molecule has 1 saturated carbocycles. The van der Waals surface area contributed by atoms with Gasteiger partial charge in [0.05, 0.1) is 36.6 Å². The molecule has 1 spiro atoms. The zero-order chi connectivity index (χ0) is 32.4. The smallest absolute Gasteiger partial charge is 0.306 e. The van der Waals surface area contributed by atoms with Crippen molar-refractivity contribution in [1.82, 2.24) is 15.1 Å². The van der Waals surface area contributed by atoms with Crippen LogP contribution in [-0.4, -0.2) is 88.2 Å². The summed E-state index contributed by atoms with van der Waals surface area (Å²) in [7, 11) is 0. The van der Waals surface area contributed by atoms with Crippen LogP contribution in [0, 0.1) is 17.8 Å². The molecule has 2 saturated heterocycles. The lowest BCUT2D eigenvalue weighted by atomic mass is 9.74. The van der Waals surface area contributed by atoms with Crippen LogP contribution >= 0.6 is 0 Å². The summed E-state index contributed by atoms with van der Waals surface area (Å²) in [5, 5.41) is 13.7. The lowest BCUT2D eigenvalue weighted by Gasteiger charge is -2.42. The van der Waals surface area contributed by atoms with Crippen LogP contribution in [0.2, 0.25) is 0 Å². The van der Waals surface area contributed by atoms with Crippen LogP contribution in [0.15, 0.2) is 54.6 Å². The van der Waals surface area contributed by atoms with E-state index in [1.807, 2.05) is 73.4 Å². The van der Waals surface area contributed by atoms with Crippen molar-refractivity contribution in [3.63, 3.8) is 0 Å². The van der Waals surface area contributed by atoms with Gasteiger partial charge in [0.25, 0.3) is 0 Å². The predicted molar refractivity (Wildman–Crippen MR) is 170 cm³/mol. The number of allylic oxidation sites excluding steroid dienone is 1. The van der Waals surface area contributed by atoms with Crippen LogP contribution in [0.5, 0.6) is 0 Å². The highest BCUT2D eigenvalue weighted by molar-refractivity contribution is 6.00. The van der Waals surface area contributed by atoms with Crippen LogP contribution in [0.1, 0.15) is 76.8 Å². The second-order valence-corrected chi connectivity index (χ2v) is 13.9. The van der Waals surface area contributed by atoms with E-state index in [1.54, 1.807) is 4.90 Å². The minimum absolute atomic E-state index is 0.00339. The first-order valence-electron chi connectivity index (χ1n) is 17.0. The van der Waals surface area contributed by atoms with Gasteiger partial charge in [-0.1, -0.05) is 87.7 Å². The SMILES string of the molecule is CC(C)C[C@H](CO)N1C(=O)[C@H]2[C@@H]3C(=O)N[C@H](c4ccccc4)COC(=O)CC/C=C\CN(C4CCCCC4)C(=O)[C@H]1[C@@]21C=C[C@@H]3O1. The Labute approximate surface area is 271 Å². The summed E-state index contributed by atoms with van der Waals surface area (Å²) in [6.45, 7) is 4.03. The van der Waals surface area contributed by atoms with E-state index in [4.69, 9.17) is 9.47 Å². The fourth-order valence-electron chi connectivity index (χ4n) is 8.30. The molecule has 1 aliphatic carbocycles. The maximum absolute atomic E-state index is 15.0. The average Bonchev–Trinajstić information content (AvgIpc) is 3.71. The fourth-order valence-corrected chi connectivity index (χ4v) is 8.30. The number of ether oxygens (including phenoxy) is 2. The number of aliphatic hydroxyl groups excluding tert-OH is 1. The van der Waals surface area contributed by atoms with Gasteiger partial charge in [-0.25, -0.2) is 0 Å². The van der Waals surface area contributed by atoms with Crippen LogP contribution in [0.25, 0.3) is 0 Å². The van der Waals surface area contributed by atoms with Crippen molar-refractivity contribution in [2.75, 3.05) is 19.8 Å². The van der Waals surface area contributed by atoms with Gasteiger partial charge in [0.2, 0.25) is 17.7 Å². The number of nitrogens with zero attached hydrogens (tertiary/aromatic N) is 2. The Bertz CT molecular complexity index is 1360. The molecular weight excluding hydrogens is 586 g/mol. The number of carbonyl (C=O) groups excluding carboxylic acids is 4. The van der Waals surface area contributed by atoms with Gasteiger partial charge in [-0.15, -0.1) is 0 Å². The van der Waals surface area contributed by atoms with Crippen LogP contribution in [0.4, 0.5) is 0 Å². The van der Waals surface area contributed by atoms with E-state index < -0.39 is 47.6 Å². The number of esters is 1. The van der Waals surface area contributed by atoms with E-state index in [2.05, 4.69) is 5.32 Å². The second kappa shape index (κ2) is 13.7. The third-order valence-corrected chi connectivity index (χ3v) is 10.4. The Morgan fingerprint density at radius 2 is 1.78 bits per heavy atom. The molecule has 1 aromatic rings. The summed E-state index contributed by atoms with van der Waals surface area (Å²) in [6.07, 6.45) is 12.8. The molecule has 3 fully saturated rings. The number of cyclic esters (lactones) is 1. The summed E-state index contributed by atoms with van der Waals surface area (Å²) in [6, 6.07) is 7.03. The number of carbonyl (C=O) groups is 4. The van der Waals surface area contributed by atoms with Gasteiger partial charge in [-0.3, -0.25) is 19.2 Å². The Balaban J connectivity index is 1.43. The zero-order valence-electron chi connectivity index (χ0n) is 26.9. The van der Waals surface area contributed by atoms with E-state index in [1.165, 1.54) is 0 Å². The number of nitrogens with one attached hydrogen (secondary N) is 1. The van der Waals surface area contributed by atoms with Gasteiger partial charge in [-0.2, -0.15) is 0 Å². The van der Waals surface area contributed by atoms with Gasteiger partial charge in [0, 0.05) is 19.0 Å². The first-order valence-corrected chi connectivity index (χ1v) is 17.0. The zero-order valence-corrected chi connectivity index (χ0v) is 26.9.